The molecule has 132 valence electrons. The summed E-state index contributed by atoms with van der Waals surface area (Å²) in [5.74, 6) is 2.23. The lowest BCUT2D eigenvalue weighted by Gasteiger charge is -2.27. The fourth-order valence-corrected chi connectivity index (χ4v) is 4.08. The standard InChI is InChI=1S/C21H26N2OS/c1-15-7-8-16(2)18(13-15)14-22-20-6-4-5-19(17(20)3)21(24)23-9-11-25-12-10-23/h4-8,13,22H,9-12,14H2,1-3H3. The van der Waals surface area contributed by atoms with Crippen molar-refractivity contribution in [1.82, 2.24) is 4.90 Å². The molecule has 0 saturated carbocycles. The fourth-order valence-electron chi connectivity index (χ4n) is 3.18. The van der Waals surface area contributed by atoms with Crippen molar-refractivity contribution >= 4 is 23.4 Å². The first-order valence-corrected chi connectivity index (χ1v) is 9.98. The highest BCUT2D eigenvalue weighted by molar-refractivity contribution is 7.99. The predicted octanol–water partition coefficient (Wildman–Crippen LogP) is 4.41. The van der Waals surface area contributed by atoms with Crippen LogP contribution in [0.1, 0.15) is 32.6 Å². The highest BCUT2D eigenvalue weighted by atomic mass is 32.2. The Hall–Kier alpha value is -1.94. The lowest BCUT2D eigenvalue weighted by Crippen LogP contribution is -2.38. The van der Waals surface area contributed by atoms with Gasteiger partial charge in [-0.25, -0.2) is 0 Å². The average molecular weight is 355 g/mol. The van der Waals surface area contributed by atoms with Crippen molar-refractivity contribution in [3.63, 3.8) is 0 Å². The number of carbonyl (C=O) groups excluding carboxylic acids is 1. The van der Waals surface area contributed by atoms with Gasteiger partial charge in [0.05, 0.1) is 0 Å². The summed E-state index contributed by atoms with van der Waals surface area (Å²) < 4.78 is 0. The molecular formula is C21H26N2OS. The molecule has 1 heterocycles. The molecule has 1 aliphatic heterocycles. The molecule has 1 N–H and O–H groups in total. The summed E-state index contributed by atoms with van der Waals surface area (Å²) in [6.45, 7) is 8.76. The average Bonchev–Trinajstić information content (AvgIpc) is 2.63. The lowest BCUT2D eigenvalue weighted by atomic mass is 10.0. The number of hydrogen-bond donors (Lipinski definition) is 1. The van der Waals surface area contributed by atoms with Crippen LogP contribution >= 0.6 is 11.8 Å². The Morgan fingerprint density at radius 1 is 1.12 bits per heavy atom. The maximum atomic E-state index is 12.8. The molecule has 2 aromatic rings. The van der Waals surface area contributed by atoms with Crippen LogP contribution < -0.4 is 5.32 Å². The summed E-state index contributed by atoms with van der Waals surface area (Å²) in [4.78, 5) is 14.8. The zero-order valence-electron chi connectivity index (χ0n) is 15.3. The van der Waals surface area contributed by atoms with Crippen LogP contribution in [0.2, 0.25) is 0 Å². The van der Waals surface area contributed by atoms with E-state index >= 15 is 0 Å². The number of aryl methyl sites for hydroxylation is 2. The van der Waals surface area contributed by atoms with Crippen LogP contribution in [0, 0.1) is 20.8 Å². The molecule has 0 aromatic heterocycles. The maximum absolute atomic E-state index is 12.8. The molecular weight excluding hydrogens is 328 g/mol. The number of hydrogen-bond acceptors (Lipinski definition) is 3. The zero-order chi connectivity index (χ0) is 17.8. The van der Waals surface area contributed by atoms with Gasteiger partial charge in [0.2, 0.25) is 0 Å². The van der Waals surface area contributed by atoms with Gasteiger partial charge in [0.1, 0.15) is 0 Å². The molecule has 3 rings (SSSR count). The predicted molar refractivity (Wildman–Crippen MR) is 108 cm³/mol. The number of nitrogens with one attached hydrogen (secondary N) is 1. The van der Waals surface area contributed by atoms with Gasteiger partial charge in [-0.3, -0.25) is 4.79 Å². The number of anilines is 1. The van der Waals surface area contributed by atoms with E-state index < -0.39 is 0 Å². The van der Waals surface area contributed by atoms with Crippen molar-refractivity contribution < 1.29 is 4.79 Å². The van der Waals surface area contributed by atoms with Crippen molar-refractivity contribution in [1.29, 1.82) is 0 Å². The van der Waals surface area contributed by atoms with Crippen molar-refractivity contribution in [3.8, 4) is 0 Å². The second-order valence-electron chi connectivity index (χ2n) is 6.67. The minimum atomic E-state index is 0.160. The third kappa shape index (κ3) is 4.18. The Bertz CT molecular complexity index is 766. The van der Waals surface area contributed by atoms with E-state index in [1.807, 2.05) is 35.7 Å². The number of rotatable bonds is 4. The van der Waals surface area contributed by atoms with Crippen molar-refractivity contribution in [2.24, 2.45) is 0 Å². The number of nitrogens with zero attached hydrogens (tertiary/aromatic N) is 1. The minimum Gasteiger partial charge on any atom is -0.381 e. The molecule has 4 heteroatoms. The van der Waals surface area contributed by atoms with Gasteiger partial charge in [-0.15, -0.1) is 0 Å². The van der Waals surface area contributed by atoms with E-state index in [1.165, 1.54) is 16.7 Å². The van der Waals surface area contributed by atoms with E-state index in [0.29, 0.717) is 0 Å². The number of benzene rings is 2. The molecule has 25 heavy (non-hydrogen) atoms. The summed E-state index contributed by atoms with van der Waals surface area (Å²) in [7, 11) is 0. The first kappa shape index (κ1) is 17.9. The van der Waals surface area contributed by atoms with Crippen LogP contribution in [-0.2, 0) is 6.54 Å². The van der Waals surface area contributed by atoms with E-state index in [9.17, 15) is 4.79 Å². The summed E-state index contributed by atoms with van der Waals surface area (Å²) in [5, 5.41) is 3.52. The SMILES string of the molecule is Cc1ccc(C)c(CNc2cccc(C(=O)N3CCSCC3)c2C)c1. The van der Waals surface area contributed by atoms with E-state index in [0.717, 1.165) is 48.0 Å². The van der Waals surface area contributed by atoms with Gasteiger partial charge in [-0.1, -0.05) is 29.8 Å². The molecule has 0 spiro atoms. The summed E-state index contributed by atoms with van der Waals surface area (Å²) in [5.41, 5.74) is 6.75. The molecule has 1 amide bonds. The molecule has 1 aliphatic rings. The molecule has 0 atom stereocenters. The van der Waals surface area contributed by atoms with E-state index in [2.05, 4.69) is 43.4 Å². The van der Waals surface area contributed by atoms with Crippen molar-refractivity contribution in [2.75, 3.05) is 29.9 Å². The zero-order valence-corrected chi connectivity index (χ0v) is 16.1. The third-order valence-corrected chi connectivity index (χ3v) is 5.78. The molecule has 1 saturated heterocycles. The first-order chi connectivity index (χ1) is 12.1. The molecule has 0 bridgehead atoms. The maximum Gasteiger partial charge on any atom is 0.254 e. The van der Waals surface area contributed by atoms with E-state index in [4.69, 9.17) is 0 Å². The van der Waals surface area contributed by atoms with Gasteiger partial charge in [-0.05, 0) is 49.6 Å². The van der Waals surface area contributed by atoms with Crippen LogP contribution in [0.15, 0.2) is 36.4 Å². The highest BCUT2D eigenvalue weighted by Crippen LogP contribution is 2.23. The van der Waals surface area contributed by atoms with Crippen LogP contribution in [0.25, 0.3) is 0 Å². The topological polar surface area (TPSA) is 32.3 Å². The molecule has 2 aromatic carbocycles. The quantitative estimate of drug-likeness (QED) is 0.882. The Kier molecular flexibility index (Phi) is 5.69. The summed E-state index contributed by atoms with van der Waals surface area (Å²) >= 11 is 1.92. The van der Waals surface area contributed by atoms with E-state index in [-0.39, 0.29) is 5.91 Å². The van der Waals surface area contributed by atoms with Gasteiger partial charge in [-0.2, -0.15) is 11.8 Å². The highest BCUT2D eigenvalue weighted by Gasteiger charge is 2.20. The molecule has 0 radical (unpaired) electrons. The van der Waals surface area contributed by atoms with Crippen LogP contribution in [-0.4, -0.2) is 35.4 Å². The van der Waals surface area contributed by atoms with E-state index in [1.54, 1.807) is 0 Å². The summed E-state index contributed by atoms with van der Waals surface area (Å²) in [6.07, 6.45) is 0. The van der Waals surface area contributed by atoms with Gasteiger partial charge < -0.3 is 10.2 Å². The van der Waals surface area contributed by atoms with Crippen LogP contribution in [0.4, 0.5) is 5.69 Å². The first-order valence-electron chi connectivity index (χ1n) is 8.83. The second-order valence-corrected chi connectivity index (χ2v) is 7.89. The fraction of sp³-hybridized carbons (Fsp3) is 0.381. The Labute approximate surface area is 154 Å². The van der Waals surface area contributed by atoms with Crippen LogP contribution in [0.3, 0.4) is 0 Å². The second kappa shape index (κ2) is 7.96. The van der Waals surface area contributed by atoms with Crippen LogP contribution in [0.5, 0.6) is 0 Å². The smallest absolute Gasteiger partial charge is 0.254 e. The van der Waals surface area contributed by atoms with Gasteiger partial charge in [0.25, 0.3) is 5.91 Å². The van der Waals surface area contributed by atoms with Gasteiger partial charge in [0, 0.05) is 42.4 Å². The third-order valence-electron chi connectivity index (χ3n) is 4.84. The molecule has 1 fully saturated rings. The number of thioether (sulfide) groups is 1. The number of amides is 1. The van der Waals surface area contributed by atoms with Gasteiger partial charge in [0.15, 0.2) is 0 Å². The van der Waals surface area contributed by atoms with Crippen molar-refractivity contribution in [3.05, 3.63) is 64.2 Å². The Balaban J connectivity index is 1.76. The Morgan fingerprint density at radius 2 is 1.88 bits per heavy atom. The number of carbonyl (C=O) groups is 1. The molecule has 0 unspecified atom stereocenters. The largest absolute Gasteiger partial charge is 0.381 e. The summed E-state index contributed by atoms with van der Waals surface area (Å²) in [6, 6.07) is 12.5. The lowest BCUT2D eigenvalue weighted by molar-refractivity contribution is 0.0771. The van der Waals surface area contributed by atoms with Gasteiger partial charge >= 0.3 is 0 Å². The Morgan fingerprint density at radius 3 is 2.64 bits per heavy atom. The monoisotopic (exact) mass is 354 g/mol. The normalized spacial score (nSPS) is 14.4. The minimum absolute atomic E-state index is 0.160. The van der Waals surface area contributed by atoms with Crippen molar-refractivity contribution in [2.45, 2.75) is 27.3 Å². The molecule has 3 nitrogen and oxygen atoms in total. The molecule has 0 aliphatic carbocycles.